The standard InChI is InChI=1S/C15H18N4O2.2ClH/c16-6-1-2-8-19-14(15(20)21)12-4-3-10-9-17-7-5-11(10)13(12)18-19;;/h5,7,9H,1-4,6,8,16H2,(H,20,21);2*1H. The molecule has 0 saturated heterocycles. The zero-order valence-corrected chi connectivity index (χ0v) is 14.2. The van der Waals surface area contributed by atoms with E-state index in [4.69, 9.17) is 5.73 Å². The van der Waals surface area contributed by atoms with Gasteiger partial charge >= 0.3 is 5.97 Å². The third kappa shape index (κ3) is 3.65. The van der Waals surface area contributed by atoms with Crippen LogP contribution in [-0.2, 0) is 19.4 Å². The van der Waals surface area contributed by atoms with Crippen molar-refractivity contribution in [1.82, 2.24) is 14.8 Å². The number of carboxylic acids is 1. The number of nitrogens with zero attached hydrogens (tertiary/aromatic N) is 3. The normalized spacial score (nSPS) is 11.7. The van der Waals surface area contributed by atoms with Crippen LogP contribution in [0.15, 0.2) is 18.5 Å². The molecule has 0 aromatic carbocycles. The monoisotopic (exact) mass is 358 g/mol. The van der Waals surface area contributed by atoms with E-state index in [1.165, 1.54) is 0 Å². The Labute approximate surface area is 146 Å². The summed E-state index contributed by atoms with van der Waals surface area (Å²) in [6, 6.07) is 1.91. The summed E-state index contributed by atoms with van der Waals surface area (Å²) in [4.78, 5) is 15.7. The first kappa shape index (κ1) is 19.4. The Morgan fingerprint density at radius 2 is 2.09 bits per heavy atom. The highest BCUT2D eigenvalue weighted by Crippen LogP contribution is 2.34. The number of hydrogen-bond donors (Lipinski definition) is 2. The van der Waals surface area contributed by atoms with Crippen molar-refractivity contribution in [2.45, 2.75) is 32.2 Å². The number of fused-ring (bicyclic) bond motifs is 3. The molecule has 3 N–H and O–H groups in total. The third-order valence-corrected chi connectivity index (χ3v) is 3.88. The molecule has 0 radical (unpaired) electrons. The van der Waals surface area contributed by atoms with E-state index in [1.807, 2.05) is 12.3 Å². The fourth-order valence-corrected chi connectivity index (χ4v) is 2.88. The van der Waals surface area contributed by atoms with Gasteiger partial charge in [-0.3, -0.25) is 9.67 Å². The Morgan fingerprint density at radius 1 is 1.30 bits per heavy atom. The maximum atomic E-state index is 11.6. The summed E-state index contributed by atoms with van der Waals surface area (Å²) in [5.74, 6) is -0.908. The molecule has 2 aromatic heterocycles. The number of aromatic carboxylic acids is 1. The third-order valence-electron chi connectivity index (χ3n) is 3.88. The summed E-state index contributed by atoms with van der Waals surface area (Å²) >= 11 is 0. The SMILES string of the molecule is Cl.Cl.NCCCCn1nc2c(c1C(=O)O)CCc1cnccc1-2. The van der Waals surface area contributed by atoms with Crippen LogP contribution in [-0.4, -0.2) is 32.4 Å². The fourth-order valence-electron chi connectivity index (χ4n) is 2.88. The summed E-state index contributed by atoms with van der Waals surface area (Å²) in [6.07, 6.45) is 6.77. The number of aryl methyl sites for hydroxylation is 2. The molecule has 2 heterocycles. The Balaban J connectivity index is 0.00000132. The lowest BCUT2D eigenvalue weighted by Gasteiger charge is -2.14. The number of aromatic nitrogens is 3. The summed E-state index contributed by atoms with van der Waals surface area (Å²) in [6.45, 7) is 1.20. The molecule has 6 nitrogen and oxygen atoms in total. The van der Waals surface area contributed by atoms with Gasteiger partial charge in [0.05, 0.1) is 5.69 Å². The van der Waals surface area contributed by atoms with E-state index in [-0.39, 0.29) is 24.8 Å². The molecule has 0 atom stereocenters. The summed E-state index contributed by atoms with van der Waals surface area (Å²) in [5.41, 5.74) is 9.60. The van der Waals surface area contributed by atoms with E-state index in [2.05, 4.69) is 10.1 Å². The molecule has 0 fully saturated rings. The molecule has 0 saturated carbocycles. The highest BCUT2D eigenvalue weighted by atomic mass is 35.5. The molecule has 3 rings (SSSR count). The van der Waals surface area contributed by atoms with Crippen molar-refractivity contribution in [3.63, 3.8) is 0 Å². The Kier molecular flexibility index (Phi) is 7.00. The number of rotatable bonds is 5. The van der Waals surface area contributed by atoms with Crippen molar-refractivity contribution in [1.29, 1.82) is 0 Å². The number of carbonyl (C=O) groups is 1. The predicted molar refractivity (Wildman–Crippen MR) is 92.6 cm³/mol. The van der Waals surface area contributed by atoms with Crippen LogP contribution >= 0.6 is 24.8 Å². The minimum absolute atomic E-state index is 0. The number of pyridine rings is 1. The first-order valence-electron chi connectivity index (χ1n) is 7.18. The maximum Gasteiger partial charge on any atom is 0.354 e. The second-order valence-electron chi connectivity index (χ2n) is 5.23. The van der Waals surface area contributed by atoms with Gasteiger partial charge in [-0.15, -0.1) is 24.8 Å². The minimum atomic E-state index is -0.908. The minimum Gasteiger partial charge on any atom is -0.477 e. The molecule has 2 aromatic rings. The number of hydrogen-bond acceptors (Lipinski definition) is 4. The fraction of sp³-hybridized carbons (Fsp3) is 0.400. The van der Waals surface area contributed by atoms with Crippen LogP contribution in [0.2, 0.25) is 0 Å². The van der Waals surface area contributed by atoms with E-state index < -0.39 is 5.97 Å². The van der Waals surface area contributed by atoms with Crippen LogP contribution in [0, 0.1) is 0 Å². The largest absolute Gasteiger partial charge is 0.477 e. The topological polar surface area (TPSA) is 94.0 Å². The molecule has 8 heteroatoms. The van der Waals surface area contributed by atoms with E-state index in [9.17, 15) is 9.90 Å². The molecule has 126 valence electrons. The Hall–Kier alpha value is -1.63. The average molecular weight is 359 g/mol. The van der Waals surface area contributed by atoms with Gasteiger partial charge in [-0.25, -0.2) is 4.79 Å². The van der Waals surface area contributed by atoms with Gasteiger partial charge in [-0.05, 0) is 43.9 Å². The lowest BCUT2D eigenvalue weighted by molar-refractivity contribution is 0.0681. The zero-order valence-electron chi connectivity index (χ0n) is 12.6. The van der Waals surface area contributed by atoms with Crippen molar-refractivity contribution in [3.05, 3.63) is 35.3 Å². The van der Waals surface area contributed by atoms with Crippen LogP contribution in [0.5, 0.6) is 0 Å². The first-order chi connectivity index (χ1) is 10.2. The van der Waals surface area contributed by atoms with Gasteiger partial charge in [0.15, 0.2) is 0 Å². The van der Waals surface area contributed by atoms with Crippen molar-refractivity contribution in [2.75, 3.05) is 6.54 Å². The first-order valence-corrected chi connectivity index (χ1v) is 7.18. The van der Waals surface area contributed by atoms with Crippen LogP contribution < -0.4 is 5.73 Å². The van der Waals surface area contributed by atoms with Gasteiger partial charge in [0.25, 0.3) is 0 Å². The number of nitrogens with two attached hydrogens (primary N) is 1. The molecular formula is C15H20Cl2N4O2. The molecular weight excluding hydrogens is 339 g/mol. The molecule has 0 spiro atoms. The van der Waals surface area contributed by atoms with Crippen LogP contribution in [0.3, 0.4) is 0 Å². The molecule has 1 aliphatic rings. The van der Waals surface area contributed by atoms with E-state index in [1.54, 1.807) is 10.9 Å². The highest BCUT2D eigenvalue weighted by Gasteiger charge is 2.27. The predicted octanol–water partition coefficient (Wildman–Crippen LogP) is 2.32. The van der Waals surface area contributed by atoms with Crippen molar-refractivity contribution in [2.24, 2.45) is 5.73 Å². The summed E-state index contributed by atoms with van der Waals surface area (Å²) in [5, 5.41) is 14.1. The van der Waals surface area contributed by atoms with Gasteiger partial charge in [0.2, 0.25) is 0 Å². The maximum absolute atomic E-state index is 11.6. The van der Waals surface area contributed by atoms with E-state index in [0.29, 0.717) is 25.2 Å². The van der Waals surface area contributed by atoms with Crippen LogP contribution in [0.25, 0.3) is 11.3 Å². The second kappa shape index (κ2) is 8.29. The quantitative estimate of drug-likeness (QED) is 0.799. The van der Waals surface area contributed by atoms with Gasteiger partial charge in [0.1, 0.15) is 5.69 Å². The van der Waals surface area contributed by atoms with Gasteiger partial charge < -0.3 is 10.8 Å². The smallest absolute Gasteiger partial charge is 0.354 e. The van der Waals surface area contributed by atoms with Crippen molar-refractivity contribution in [3.8, 4) is 11.3 Å². The number of halogens is 2. The molecule has 23 heavy (non-hydrogen) atoms. The second-order valence-corrected chi connectivity index (χ2v) is 5.23. The van der Waals surface area contributed by atoms with E-state index in [0.717, 1.165) is 41.6 Å². The van der Waals surface area contributed by atoms with Gasteiger partial charge in [-0.2, -0.15) is 5.10 Å². The zero-order chi connectivity index (χ0) is 14.8. The van der Waals surface area contributed by atoms with Crippen LogP contribution in [0.1, 0.15) is 34.5 Å². The Morgan fingerprint density at radius 3 is 2.78 bits per heavy atom. The molecule has 1 aliphatic carbocycles. The highest BCUT2D eigenvalue weighted by molar-refractivity contribution is 5.90. The van der Waals surface area contributed by atoms with E-state index >= 15 is 0 Å². The van der Waals surface area contributed by atoms with Crippen molar-refractivity contribution >= 4 is 30.8 Å². The molecule has 0 unspecified atom stereocenters. The Bertz CT molecular complexity index is 688. The van der Waals surface area contributed by atoms with Gasteiger partial charge in [-0.1, -0.05) is 0 Å². The average Bonchev–Trinajstić information content (AvgIpc) is 2.86. The van der Waals surface area contributed by atoms with Crippen LogP contribution in [0.4, 0.5) is 0 Å². The van der Waals surface area contributed by atoms with Gasteiger partial charge in [0, 0.05) is 30.1 Å². The molecule has 0 bridgehead atoms. The molecule has 0 aliphatic heterocycles. The number of carboxylic acid groups (broad SMARTS) is 1. The lowest BCUT2D eigenvalue weighted by Crippen LogP contribution is -2.13. The summed E-state index contributed by atoms with van der Waals surface area (Å²) in [7, 11) is 0. The number of unbranched alkanes of at least 4 members (excludes halogenated alkanes) is 1. The lowest BCUT2D eigenvalue weighted by atomic mass is 9.90. The summed E-state index contributed by atoms with van der Waals surface area (Å²) < 4.78 is 1.62. The van der Waals surface area contributed by atoms with Crippen molar-refractivity contribution < 1.29 is 9.90 Å². The molecule has 0 amide bonds.